The summed E-state index contributed by atoms with van der Waals surface area (Å²) in [7, 11) is 0. The molecule has 0 saturated heterocycles. The van der Waals surface area contributed by atoms with Gasteiger partial charge in [0.1, 0.15) is 0 Å². The lowest BCUT2D eigenvalue weighted by atomic mass is 10.1. The first-order valence-electron chi connectivity index (χ1n) is 5.28. The Balaban J connectivity index is 2.22. The summed E-state index contributed by atoms with van der Waals surface area (Å²) in [6.07, 6.45) is 2.19. The lowest BCUT2D eigenvalue weighted by Gasteiger charge is -2.15. The van der Waals surface area contributed by atoms with Gasteiger partial charge in [0.05, 0.1) is 32.5 Å². The molecule has 0 fully saturated rings. The summed E-state index contributed by atoms with van der Waals surface area (Å²) in [5.74, 6) is 5.56. The van der Waals surface area contributed by atoms with Crippen molar-refractivity contribution in [1.29, 1.82) is 0 Å². The predicted molar refractivity (Wildman–Crippen MR) is 74.9 cm³/mol. The van der Waals surface area contributed by atoms with E-state index >= 15 is 0 Å². The molecule has 0 bridgehead atoms. The van der Waals surface area contributed by atoms with Crippen LogP contribution in [0, 0.1) is 6.92 Å². The Labute approximate surface area is 119 Å². The molecule has 2 heterocycles. The number of pyridine rings is 1. The molecular formula is C11H12Cl2N4S. The van der Waals surface area contributed by atoms with Crippen molar-refractivity contribution >= 4 is 34.5 Å². The van der Waals surface area contributed by atoms with Crippen molar-refractivity contribution in [3.05, 3.63) is 44.1 Å². The van der Waals surface area contributed by atoms with Gasteiger partial charge in [0.15, 0.2) is 0 Å². The quantitative estimate of drug-likeness (QED) is 0.673. The van der Waals surface area contributed by atoms with Gasteiger partial charge in [0.25, 0.3) is 0 Å². The van der Waals surface area contributed by atoms with E-state index in [1.807, 2.05) is 12.3 Å². The fraction of sp³-hybridized carbons (Fsp3) is 0.273. The molecule has 0 aliphatic rings. The Hall–Kier alpha value is -0.720. The highest BCUT2D eigenvalue weighted by atomic mass is 35.5. The molecule has 0 amide bonds. The molecule has 7 heteroatoms. The van der Waals surface area contributed by atoms with Crippen molar-refractivity contribution in [3.8, 4) is 0 Å². The minimum atomic E-state index is -0.184. The van der Waals surface area contributed by atoms with Crippen LogP contribution in [0.1, 0.15) is 22.4 Å². The molecule has 2 aromatic rings. The lowest BCUT2D eigenvalue weighted by molar-refractivity contribution is 0.534. The van der Waals surface area contributed by atoms with Crippen molar-refractivity contribution in [2.45, 2.75) is 19.4 Å². The molecule has 0 radical (unpaired) electrons. The van der Waals surface area contributed by atoms with Crippen LogP contribution in [-0.4, -0.2) is 9.97 Å². The van der Waals surface area contributed by atoms with Crippen molar-refractivity contribution in [2.75, 3.05) is 0 Å². The molecule has 2 aromatic heterocycles. The average molecular weight is 303 g/mol. The van der Waals surface area contributed by atoms with Crippen LogP contribution in [0.3, 0.4) is 0 Å². The van der Waals surface area contributed by atoms with Gasteiger partial charge < -0.3 is 0 Å². The van der Waals surface area contributed by atoms with Crippen LogP contribution in [0.4, 0.5) is 0 Å². The van der Waals surface area contributed by atoms with E-state index in [0.717, 1.165) is 10.7 Å². The molecule has 0 spiro atoms. The topological polar surface area (TPSA) is 63.8 Å². The van der Waals surface area contributed by atoms with E-state index in [-0.39, 0.29) is 6.04 Å². The maximum atomic E-state index is 6.11. The van der Waals surface area contributed by atoms with Crippen LogP contribution in [0.15, 0.2) is 17.6 Å². The van der Waals surface area contributed by atoms with Gasteiger partial charge in [-0.25, -0.2) is 4.98 Å². The third-order valence-corrected chi connectivity index (χ3v) is 3.78. The number of nitrogens with two attached hydrogens (primary N) is 1. The van der Waals surface area contributed by atoms with Gasteiger partial charge in [-0.1, -0.05) is 23.2 Å². The minimum absolute atomic E-state index is 0.184. The maximum absolute atomic E-state index is 6.11. The normalized spacial score (nSPS) is 12.7. The number of hydrogen-bond acceptors (Lipinski definition) is 5. The summed E-state index contributed by atoms with van der Waals surface area (Å²) >= 11 is 13.5. The van der Waals surface area contributed by atoms with E-state index in [1.54, 1.807) is 23.6 Å². The Morgan fingerprint density at radius 2 is 2.28 bits per heavy atom. The van der Waals surface area contributed by atoms with Crippen LogP contribution < -0.4 is 11.3 Å². The molecule has 0 aromatic carbocycles. The van der Waals surface area contributed by atoms with Crippen molar-refractivity contribution in [3.63, 3.8) is 0 Å². The molecule has 18 heavy (non-hydrogen) atoms. The number of hydrogen-bond donors (Lipinski definition) is 2. The third-order valence-electron chi connectivity index (χ3n) is 2.45. The van der Waals surface area contributed by atoms with Gasteiger partial charge in [0.2, 0.25) is 0 Å². The number of aromatic nitrogens is 2. The maximum Gasteiger partial charge on any atom is 0.0897 e. The van der Waals surface area contributed by atoms with E-state index in [1.165, 1.54) is 0 Å². The number of nitrogens with zero attached hydrogens (tertiary/aromatic N) is 2. The van der Waals surface area contributed by atoms with Gasteiger partial charge in [-0.05, 0) is 13.0 Å². The van der Waals surface area contributed by atoms with Gasteiger partial charge in [-0.2, -0.15) is 0 Å². The SMILES string of the molecule is Cc1nc(CC(NN)c2ncc(Cl)cc2Cl)cs1. The zero-order valence-electron chi connectivity index (χ0n) is 9.65. The second-order valence-corrected chi connectivity index (χ2v) is 5.71. The molecule has 0 aliphatic heterocycles. The Morgan fingerprint density at radius 1 is 1.50 bits per heavy atom. The van der Waals surface area contributed by atoms with Gasteiger partial charge in [-0.3, -0.25) is 16.3 Å². The highest BCUT2D eigenvalue weighted by molar-refractivity contribution is 7.09. The molecule has 0 aliphatic carbocycles. The number of thiazole rings is 1. The smallest absolute Gasteiger partial charge is 0.0897 e. The number of halogens is 2. The highest BCUT2D eigenvalue weighted by Crippen LogP contribution is 2.26. The van der Waals surface area contributed by atoms with Crippen molar-refractivity contribution in [1.82, 2.24) is 15.4 Å². The highest BCUT2D eigenvalue weighted by Gasteiger charge is 2.17. The fourth-order valence-electron chi connectivity index (χ4n) is 1.63. The molecule has 1 unspecified atom stereocenters. The Morgan fingerprint density at radius 3 is 2.83 bits per heavy atom. The van der Waals surface area contributed by atoms with Gasteiger partial charge in [-0.15, -0.1) is 11.3 Å². The molecule has 1 atom stereocenters. The number of nitrogens with one attached hydrogen (secondary N) is 1. The average Bonchev–Trinajstić information content (AvgIpc) is 2.72. The van der Waals surface area contributed by atoms with Crippen LogP contribution in [0.5, 0.6) is 0 Å². The number of hydrazine groups is 1. The number of aryl methyl sites for hydroxylation is 1. The predicted octanol–water partition coefficient (Wildman–Crippen LogP) is 2.90. The summed E-state index contributed by atoms with van der Waals surface area (Å²) in [6.45, 7) is 1.96. The van der Waals surface area contributed by atoms with Crippen molar-refractivity contribution < 1.29 is 0 Å². The summed E-state index contributed by atoms with van der Waals surface area (Å²) in [5, 5.41) is 4.03. The molecule has 4 nitrogen and oxygen atoms in total. The Bertz CT molecular complexity index is 544. The Kier molecular flexibility index (Phi) is 4.53. The zero-order valence-corrected chi connectivity index (χ0v) is 12.0. The van der Waals surface area contributed by atoms with Crippen LogP contribution in [0.25, 0.3) is 0 Å². The lowest BCUT2D eigenvalue weighted by Crippen LogP contribution is -2.30. The number of rotatable bonds is 4. The first kappa shape index (κ1) is 13.7. The van der Waals surface area contributed by atoms with Crippen LogP contribution in [0.2, 0.25) is 10.0 Å². The summed E-state index contributed by atoms with van der Waals surface area (Å²) < 4.78 is 0. The molecule has 3 N–H and O–H groups in total. The zero-order chi connectivity index (χ0) is 13.1. The van der Waals surface area contributed by atoms with E-state index in [4.69, 9.17) is 29.0 Å². The fourth-order valence-corrected chi connectivity index (χ4v) is 2.76. The van der Waals surface area contributed by atoms with E-state index < -0.39 is 0 Å². The first-order chi connectivity index (χ1) is 8.60. The standard InChI is InChI=1S/C11H12Cl2N4S/c1-6-16-8(5-18-6)3-10(17-14)11-9(13)2-7(12)4-15-11/h2,4-5,10,17H,3,14H2,1H3. The van der Waals surface area contributed by atoms with E-state index in [0.29, 0.717) is 22.2 Å². The molecule has 2 rings (SSSR count). The molecular weight excluding hydrogens is 291 g/mol. The third kappa shape index (κ3) is 3.18. The minimum Gasteiger partial charge on any atom is -0.271 e. The summed E-state index contributed by atoms with van der Waals surface area (Å²) in [6, 6.07) is 1.47. The molecule has 96 valence electrons. The second kappa shape index (κ2) is 5.95. The second-order valence-electron chi connectivity index (χ2n) is 3.80. The summed E-state index contributed by atoms with van der Waals surface area (Å²) in [5.41, 5.74) is 4.35. The van der Waals surface area contributed by atoms with Crippen LogP contribution >= 0.6 is 34.5 Å². The van der Waals surface area contributed by atoms with Crippen LogP contribution in [-0.2, 0) is 6.42 Å². The van der Waals surface area contributed by atoms with Crippen molar-refractivity contribution in [2.24, 2.45) is 5.84 Å². The van der Waals surface area contributed by atoms with E-state index in [9.17, 15) is 0 Å². The molecule has 0 saturated carbocycles. The summed E-state index contributed by atoms with van der Waals surface area (Å²) in [4.78, 5) is 8.62. The first-order valence-corrected chi connectivity index (χ1v) is 6.91. The van der Waals surface area contributed by atoms with E-state index in [2.05, 4.69) is 15.4 Å². The largest absolute Gasteiger partial charge is 0.271 e. The van der Waals surface area contributed by atoms with Gasteiger partial charge in [0, 0.05) is 18.0 Å². The van der Waals surface area contributed by atoms with Gasteiger partial charge >= 0.3 is 0 Å². The monoisotopic (exact) mass is 302 g/mol.